The zero-order valence-electron chi connectivity index (χ0n) is 15.8. The normalized spacial score (nSPS) is 15.1. The van der Waals surface area contributed by atoms with E-state index in [0.717, 1.165) is 31.2 Å². The summed E-state index contributed by atoms with van der Waals surface area (Å²) in [6.45, 7) is 2.03. The molecule has 1 saturated carbocycles. The smallest absolute Gasteiger partial charge is 0.412 e. The van der Waals surface area contributed by atoms with Crippen molar-refractivity contribution >= 4 is 27.7 Å². The second kappa shape index (κ2) is 9.37. The van der Waals surface area contributed by atoms with E-state index in [1.165, 1.54) is 29.5 Å². The summed E-state index contributed by atoms with van der Waals surface area (Å²) >= 11 is 3.44. The van der Waals surface area contributed by atoms with E-state index in [-0.39, 0.29) is 29.7 Å². The molecule has 2 aromatic rings. The number of amides is 1. The molecule has 5 nitrogen and oxygen atoms in total. The lowest BCUT2D eigenvalue weighted by molar-refractivity contribution is 0.101. The molecule has 1 amide bonds. The first-order chi connectivity index (χ1) is 13.4. The standard InChI is InChI=1S/C21H24BrFN2O3/c1-14-18(22)13-25(12-15-8-10-16(23)11-9-15)20(26)19(14)24-21(27)28-17-6-4-2-3-5-7-17/h8-11,13,17H,2-7,12H2,1H3,(H,24,27). The van der Waals surface area contributed by atoms with E-state index in [1.54, 1.807) is 25.3 Å². The highest BCUT2D eigenvalue weighted by atomic mass is 79.9. The minimum absolute atomic E-state index is 0.101. The minimum Gasteiger partial charge on any atom is -0.446 e. The van der Waals surface area contributed by atoms with E-state index < -0.39 is 6.09 Å². The molecule has 1 aromatic carbocycles. The van der Waals surface area contributed by atoms with E-state index in [4.69, 9.17) is 4.74 Å². The van der Waals surface area contributed by atoms with Crippen molar-refractivity contribution in [3.63, 3.8) is 0 Å². The van der Waals surface area contributed by atoms with Crippen molar-refractivity contribution in [3.8, 4) is 0 Å². The number of aromatic nitrogens is 1. The van der Waals surface area contributed by atoms with Gasteiger partial charge in [0.15, 0.2) is 0 Å². The lowest BCUT2D eigenvalue weighted by atomic mass is 10.1. The van der Waals surface area contributed by atoms with E-state index in [1.807, 2.05) is 0 Å². The summed E-state index contributed by atoms with van der Waals surface area (Å²) in [7, 11) is 0. The Kier molecular flexibility index (Phi) is 6.88. The van der Waals surface area contributed by atoms with Crippen molar-refractivity contribution < 1.29 is 13.9 Å². The summed E-state index contributed by atoms with van der Waals surface area (Å²) in [6, 6.07) is 5.96. The molecule has 0 saturated heterocycles. The number of benzene rings is 1. The van der Waals surface area contributed by atoms with Crippen molar-refractivity contribution in [3.05, 3.63) is 62.2 Å². The molecule has 0 spiro atoms. The van der Waals surface area contributed by atoms with Crippen LogP contribution < -0.4 is 10.9 Å². The Labute approximate surface area is 172 Å². The summed E-state index contributed by atoms with van der Waals surface area (Å²) in [5.74, 6) is -0.329. The van der Waals surface area contributed by atoms with Crippen molar-refractivity contribution in [2.45, 2.75) is 58.1 Å². The summed E-state index contributed by atoms with van der Waals surface area (Å²) < 4.78 is 20.8. The van der Waals surface area contributed by atoms with Crippen molar-refractivity contribution in [1.29, 1.82) is 0 Å². The monoisotopic (exact) mass is 450 g/mol. The predicted molar refractivity (Wildman–Crippen MR) is 110 cm³/mol. The Hall–Kier alpha value is -2.15. The van der Waals surface area contributed by atoms with Gasteiger partial charge < -0.3 is 9.30 Å². The molecule has 1 aliphatic rings. The Morgan fingerprint density at radius 3 is 2.50 bits per heavy atom. The maximum Gasteiger partial charge on any atom is 0.412 e. The van der Waals surface area contributed by atoms with Crippen LogP contribution in [0.15, 0.2) is 39.7 Å². The number of pyridine rings is 1. The Morgan fingerprint density at radius 2 is 1.86 bits per heavy atom. The quantitative estimate of drug-likeness (QED) is 0.636. The van der Waals surface area contributed by atoms with Crippen LogP contribution >= 0.6 is 15.9 Å². The topological polar surface area (TPSA) is 60.3 Å². The molecule has 1 fully saturated rings. The first-order valence-corrected chi connectivity index (χ1v) is 10.3. The van der Waals surface area contributed by atoms with Gasteiger partial charge in [0.05, 0.1) is 6.54 Å². The highest BCUT2D eigenvalue weighted by Crippen LogP contribution is 2.23. The first-order valence-electron chi connectivity index (χ1n) is 9.55. The summed E-state index contributed by atoms with van der Waals surface area (Å²) in [5, 5.41) is 2.64. The van der Waals surface area contributed by atoms with E-state index in [9.17, 15) is 14.0 Å². The molecule has 0 atom stereocenters. The molecular weight excluding hydrogens is 427 g/mol. The third-order valence-electron chi connectivity index (χ3n) is 5.05. The first kappa shape index (κ1) is 20.6. The number of hydrogen-bond acceptors (Lipinski definition) is 3. The Balaban J connectivity index is 1.78. The highest BCUT2D eigenvalue weighted by Gasteiger charge is 2.19. The zero-order valence-corrected chi connectivity index (χ0v) is 17.4. The number of hydrogen-bond donors (Lipinski definition) is 1. The van der Waals surface area contributed by atoms with Gasteiger partial charge >= 0.3 is 6.09 Å². The van der Waals surface area contributed by atoms with Gasteiger partial charge in [0.1, 0.15) is 17.6 Å². The number of nitrogens with zero attached hydrogens (tertiary/aromatic N) is 1. The molecule has 0 bridgehead atoms. The minimum atomic E-state index is -0.599. The summed E-state index contributed by atoms with van der Waals surface area (Å²) in [4.78, 5) is 25.3. The second-order valence-corrected chi connectivity index (χ2v) is 8.03. The van der Waals surface area contributed by atoms with Gasteiger partial charge in [0, 0.05) is 10.7 Å². The van der Waals surface area contributed by atoms with Crippen LogP contribution in [0.1, 0.15) is 49.7 Å². The fourth-order valence-corrected chi connectivity index (χ4v) is 3.85. The highest BCUT2D eigenvalue weighted by molar-refractivity contribution is 9.10. The molecule has 0 radical (unpaired) electrons. The average molecular weight is 451 g/mol. The maximum absolute atomic E-state index is 13.1. The van der Waals surface area contributed by atoms with Gasteiger partial charge in [-0.1, -0.05) is 25.0 Å². The van der Waals surface area contributed by atoms with E-state index in [2.05, 4.69) is 21.2 Å². The van der Waals surface area contributed by atoms with Gasteiger partial charge in [-0.15, -0.1) is 0 Å². The largest absolute Gasteiger partial charge is 0.446 e. The van der Waals surface area contributed by atoms with Crippen LogP contribution in [0.5, 0.6) is 0 Å². The predicted octanol–water partition coefficient (Wildman–Crippen LogP) is 5.38. The number of ether oxygens (including phenoxy) is 1. The van der Waals surface area contributed by atoms with E-state index in [0.29, 0.717) is 10.0 Å². The van der Waals surface area contributed by atoms with Gasteiger partial charge in [-0.3, -0.25) is 10.1 Å². The maximum atomic E-state index is 13.1. The van der Waals surface area contributed by atoms with Crippen LogP contribution in [0.4, 0.5) is 14.9 Å². The van der Waals surface area contributed by atoms with Crippen LogP contribution in [-0.4, -0.2) is 16.8 Å². The van der Waals surface area contributed by atoms with Gasteiger partial charge in [-0.2, -0.15) is 0 Å². The number of rotatable bonds is 4. The lowest BCUT2D eigenvalue weighted by Crippen LogP contribution is -2.29. The lowest BCUT2D eigenvalue weighted by Gasteiger charge is -2.17. The molecule has 7 heteroatoms. The fraction of sp³-hybridized carbons (Fsp3) is 0.429. The second-order valence-electron chi connectivity index (χ2n) is 7.18. The van der Waals surface area contributed by atoms with E-state index >= 15 is 0 Å². The number of carbonyl (C=O) groups excluding carboxylic acids is 1. The van der Waals surface area contributed by atoms with Crippen LogP contribution in [-0.2, 0) is 11.3 Å². The van der Waals surface area contributed by atoms with Gasteiger partial charge in [-0.05, 0) is 71.8 Å². The molecule has 150 valence electrons. The molecule has 0 aliphatic heterocycles. The molecule has 1 aromatic heterocycles. The molecular formula is C21H24BrFN2O3. The Bertz CT molecular complexity index is 888. The summed E-state index contributed by atoms with van der Waals surface area (Å²) in [5.41, 5.74) is 1.28. The number of nitrogens with one attached hydrogen (secondary N) is 1. The molecule has 1 aliphatic carbocycles. The number of carbonyl (C=O) groups is 1. The van der Waals surface area contributed by atoms with Crippen LogP contribution in [0.3, 0.4) is 0 Å². The average Bonchev–Trinajstić information content (AvgIpc) is 2.93. The fourth-order valence-electron chi connectivity index (χ4n) is 3.41. The molecule has 1 heterocycles. The molecule has 0 unspecified atom stereocenters. The van der Waals surface area contributed by atoms with Gasteiger partial charge in [0.25, 0.3) is 5.56 Å². The number of anilines is 1. The Morgan fingerprint density at radius 1 is 1.21 bits per heavy atom. The molecule has 3 rings (SSSR count). The third-order valence-corrected chi connectivity index (χ3v) is 5.85. The van der Waals surface area contributed by atoms with Crippen LogP contribution in [0, 0.1) is 12.7 Å². The number of halogens is 2. The van der Waals surface area contributed by atoms with Gasteiger partial charge in [-0.25, -0.2) is 9.18 Å². The van der Waals surface area contributed by atoms with Crippen molar-refractivity contribution in [2.24, 2.45) is 0 Å². The van der Waals surface area contributed by atoms with Crippen LogP contribution in [0.25, 0.3) is 0 Å². The van der Waals surface area contributed by atoms with Crippen LogP contribution in [0.2, 0.25) is 0 Å². The third kappa shape index (κ3) is 5.22. The molecule has 1 N–H and O–H groups in total. The molecule has 28 heavy (non-hydrogen) atoms. The SMILES string of the molecule is Cc1c(Br)cn(Cc2ccc(F)cc2)c(=O)c1NC(=O)OC1CCCCCC1. The van der Waals surface area contributed by atoms with Crippen molar-refractivity contribution in [2.75, 3.05) is 5.32 Å². The van der Waals surface area contributed by atoms with Gasteiger partial charge in [0.2, 0.25) is 0 Å². The summed E-state index contributed by atoms with van der Waals surface area (Å²) in [6.07, 6.45) is 7.13. The zero-order chi connectivity index (χ0) is 20.1. The van der Waals surface area contributed by atoms with Crippen molar-refractivity contribution in [1.82, 2.24) is 4.57 Å².